The monoisotopic (exact) mass is 193 g/mol. The van der Waals surface area contributed by atoms with Crippen molar-refractivity contribution in [3.8, 4) is 0 Å². The van der Waals surface area contributed by atoms with E-state index < -0.39 is 0 Å². The summed E-state index contributed by atoms with van der Waals surface area (Å²) >= 11 is 0. The molecule has 76 valence electrons. The highest BCUT2D eigenvalue weighted by Crippen LogP contribution is 2.30. The maximum Gasteiger partial charge on any atom is 0.147 e. The number of rotatable bonds is 6. The molecule has 0 heterocycles. The lowest BCUT2D eigenvalue weighted by Gasteiger charge is -2.21. The van der Waals surface area contributed by atoms with Crippen molar-refractivity contribution in [3.05, 3.63) is 24.0 Å². The van der Waals surface area contributed by atoms with Gasteiger partial charge >= 0.3 is 0 Å². The fourth-order valence-electron chi connectivity index (χ4n) is 1.26. The minimum atomic E-state index is 0.332. The minimum Gasteiger partial charge on any atom is -0.348 e. The fourth-order valence-corrected chi connectivity index (χ4v) is 1.26. The van der Waals surface area contributed by atoms with Crippen LogP contribution in [-0.2, 0) is 9.59 Å². The van der Waals surface area contributed by atoms with Crippen molar-refractivity contribution in [3.63, 3.8) is 0 Å². The van der Waals surface area contributed by atoms with Gasteiger partial charge in [-0.1, -0.05) is 6.58 Å². The molecule has 3 nitrogen and oxygen atoms in total. The normalized spacial score (nSPS) is 16.2. The first-order chi connectivity index (χ1) is 6.69. The van der Waals surface area contributed by atoms with E-state index in [4.69, 9.17) is 0 Å². The predicted octanol–water partition coefficient (Wildman–Crippen LogP) is 1.66. The van der Waals surface area contributed by atoms with E-state index in [1.54, 1.807) is 13.1 Å². The first kappa shape index (κ1) is 10.7. The molecule has 1 rings (SSSR count). The number of carbonyl (C=O) groups excluding carboxylic acids is 2. The Morgan fingerprint density at radius 1 is 1.50 bits per heavy atom. The third-order valence-electron chi connectivity index (χ3n) is 2.15. The van der Waals surface area contributed by atoms with Crippen LogP contribution in [0.2, 0.25) is 0 Å². The maximum atomic E-state index is 10.5. The summed E-state index contributed by atoms with van der Waals surface area (Å²) < 4.78 is 0. The Labute approximate surface area is 84.1 Å². The van der Waals surface area contributed by atoms with Gasteiger partial charge in [0.15, 0.2) is 0 Å². The van der Waals surface area contributed by atoms with Gasteiger partial charge in [0.2, 0.25) is 0 Å². The SMILES string of the molecule is C=C(CC=O)N(/C=C(\C)C=O)C1CC1. The van der Waals surface area contributed by atoms with Gasteiger partial charge in [0.25, 0.3) is 0 Å². The number of aldehydes is 2. The Bertz CT molecular complexity index is 277. The van der Waals surface area contributed by atoms with Crippen molar-refractivity contribution in [1.82, 2.24) is 4.90 Å². The van der Waals surface area contributed by atoms with Gasteiger partial charge in [-0.25, -0.2) is 0 Å². The number of hydrogen-bond acceptors (Lipinski definition) is 3. The van der Waals surface area contributed by atoms with Gasteiger partial charge in [-0.3, -0.25) is 4.79 Å². The molecule has 0 N–H and O–H groups in total. The predicted molar refractivity (Wildman–Crippen MR) is 54.5 cm³/mol. The van der Waals surface area contributed by atoms with Crippen molar-refractivity contribution in [2.75, 3.05) is 0 Å². The van der Waals surface area contributed by atoms with Gasteiger partial charge in [-0.2, -0.15) is 0 Å². The van der Waals surface area contributed by atoms with Gasteiger partial charge in [0, 0.05) is 29.9 Å². The molecule has 1 aliphatic rings. The Balaban J connectivity index is 2.68. The zero-order chi connectivity index (χ0) is 10.6. The van der Waals surface area contributed by atoms with Gasteiger partial charge in [0.1, 0.15) is 12.6 Å². The first-order valence-corrected chi connectivity index (χ1v) is 4.72. The standard InChI is InChI=1S/C11H15NO2/c1-9(8-14)7-12(11-3-4-11)10(2)5-6-13/h6-8,11H,2-5H2,1H3/b9-7+. The molecule has 0 atom stereocenters. The summed E-state index contributed by atoms with van der Waals surface area (Å²) in [6.07, 6.45) is 5.97. The summed E-state index contributed by atoms with van der Waals surface area (Å²) in [5, 5.41) is 0. The molecule has 0 amide bonds. The highest BCUT2D eigenvalue weighted by Gasteiger charge is 2.28. The molecule has 0 aliphatic heterocycles. The van der Waals surface area contributed by atoms with E-state index in [-0.39, 0.29) is 0 Å². The second-order valence-electron chi connectivity index (χ2n) is 3.57. The number of nitrogens with zero attached hydrogens (tertiary/aromatic N) is 1. The van der Waals surface area contributed by atoms with Crippen molar-refractivity contribution in [2.45, 2.75) is 32.2 Å². The highest BCUT2D eigenvalue weighted by molar-refractivity contribution is 5.72. The Morgan fingerprint density at radius 2 is 2.14 bits per heavy atom. The van der Waals surface area contributed by atoms with Crippen molar-refractivity contribution in [1.29, 1.82) is 0 Å². The second kappa shape index (κ2) is 4.74. The van der Waals surface area contributed by atoms with E-state index in [2.05, 4.69) is 6.58 Å². The lowest BCUT2D eigenvalue weighted by atomic mass is 10.3. The third kappa shape index (κ3) is 2.83. The van der Waals surface area contributed by atoms with Crippen LogP contribution in [0.3, 0.4) is 0 Å². The zero-order valence-corrected chi connectivity index (χ0v) is 8.40. The van der Waals surface area contributed by atoms with Crippen LogP contribution in [0, 0.1) is 0 Å². The van der Waals surface area contributed by atoms with Crippen LogP contribution >= 0.6 is 0 Å². The molecule has 1 saturated carbocycles. The second-order valence-corrected chi connectivity index (χ2v) is 3.57. The molecule has 0 radical (unpaired) electrons. The van der Waals surface area contributed by atoms with Crippen LogP contribution in [0.1, 0.15) is 26.2 Å². The molecule has 0 saturated heterocycles. The van der Waals surface area contributed by atoms with E-state index in [1.807, 2.05) is 4.90 Å². The smallest absolute Gasteiger partial charge is 0.147 e. The summed E-state index contributed by atoms with van der Waals surface area (Å²) in [5.74, 6) is 0. The average molecular weight is 193 g/mol. The van der Waals surface area contributed by atoms with Gasteiger partial charge in [-0.15, -0.1) is 0 Å². The molecule has 14 heavy (non-hydrogen) atoms. The summed E-state index contributed by atoms with van der Waals surface area (Å²) in [5.41, 5.74) is 1.42. The summed E-state index contributed by atoms with van der Waals surface area (Å²) in [6, 6.07) is 0.442. The van der Waals surface area contributed by atoms with Crippen molar-refractivity contribution >= 4 is 12.6 Å². The van der Waals surface area contributed by atoms with E-state index in [9.17, 15) is 9.59 Å². The largest absolute Gasteiger partial charge is 0.348 e. The van der Waals surface area contributed by atoms with Crippen molar-refractivity contribution < 1.29 is 9.59 Å². The fraction of sp³-hybridized carbons (Fsp3) is 0.455. The molecule has 0 aromatic carbocycles. The van der Waals surface area contributed by atoms with Gasteiger partial charge < -0.3 is 9.69 Å². The van der Waals surface area contributed by atoms with Crippen LogP contribution in [0.5, 0.6) is 0 Å². The Morgan fingerprint density at radius 3 is 2.57 bits per heavy atom. The van der Waals surface area contributed by atoms with E-state index in [0.29, 0.717) is 18.0 Å². The molecule has 1 fully saturated rings. The van der Waals surface area contributed by atoms with Gasteiger partial charge in [0.05, 0.1) is 0 Å². The first-order valence-electron chi connectivity index (χ1n) is 4.72. The topological polar surface area (TPSA) is 37.4 Å². The molecular weight excluding hydrogens is 178 g/mol. The van der Waals surface area contributed by atoms with Crippen LogP contribution in [0.15, 0.2) is 24.0 Å². The Kier molecular flexibility index (Phi) is 3.63. The van der Waals surface area contributed by atoms with E-state index >= 15 is 0 Å². The Hall–Kier alpha value is -1.38. The number of carbonyl (C=O) groups is 2. The van der Waals surface area contributed by atoms with Gasteiger partial charge in [-0.05, 0) is 19.8 Å². The average Bonchev–Trinajstić information content (AvgIpc) is 2.97. The van der Waals surface area contributed by atoms with Crippen LogP contribution in [0.25, 0.3) is 0 Å². The molecular formula is C11H15NO2. The molecule has 3 heteroatoms. The molecule has 0 aromatic heterocycles. The summed E-state index contributed by atoms with van der Waals surface area (Å²) in [6.45, 7) is 5.57. The van der Waals surface area contributed by atoms with Crippen molar-refractivity contribution in [2.24, 2.45) is 0 Å². The lowest BCUT2D eigenvalue weighted by Crippen LogP contribution is -2.19. The van der Waals surface area contributed by atoms with E-state index in [1.165, 1.54) is 0 Å². The quantitative estimate of drug-likeness (QED) is 0.475. The van der Waals surface area contributed by atoms with Crippen LogP contribution in [-0.4, -0.2) is 23.5 Å². The molecule has 0 spiro atoms. The van der Waals surface area contributed by atoms with Crippen LogP contribution in [0.4, 0.5) is 0 Å². The molecule has 1 aliphatic carbocycles. The lowest BCUT2D eigenvalue weighted by molar-refractivity contribution is -0.107. The maximum absolute atomic E-state index is 10.5. The summed E-state index contributed by atoms with van der Waals surface area (Å²) in [4.78, 5) is 22.8. The molecule has 0 aromatic rings. The zero-order valence-electron chi connectivity index (χ0n) is 8.40. The van der Waals surface area contributed by atoms with E-state index in [0.717, 1.165) is 31.1 Å². The summed E-state index contributed by atoms with van der Waals surface area (Å²) in [7, 11) is 0. The third-order valence-corrected chi connectivity index (χ3v) is 2.15. The number of allylic oxidation sites excluding steroid dienone is 2. The van der Waals surface area contributed by atoms with Crippen LogP contribution < -0.4 is 0 Å². The number of hydrogen-bond donors (Lipinski definition) is 0. The molecule has 0 bridgehead atoms. The molecule has 0 unspecified atom stereocenters. The minimum absolute atomic E-state index is 0.332. The highest BCUT2D eigenvalue weighted by atomic mass is 16.1.